The molecule has 0 fully saturated rings. The number of hydrogen-bond acceptors (Lipinski definition) is 2. The molecule has 34 heavy (non-hydrogen) atoms. The Morgan fingerprint density at radius 3 is 1.74 bits per heavy atom. The molecule has 0 aromatic heterocycles. The Kier molecular flexibility index (Phi) is 8.38. The lowest BCUT2D eigenvalue weighted by Crippen LogP contribution is -2.66. The van der Waals surface area contributed by atoms with E-state index < -0.39 is 22.5 Å². The molecule has 1 atom stereocenters. The van der Waals surface area contributed by atoms with Gasteiger partial charge in [0.1, 0.15) is 8.07 Å². The van der Waals surface area contributed by atoms with Crippen molar-refractivity contribution in [2.75, 3.05) is 0 Å². The molecule has 0 amide bonds. The van der Waals surface area contributed by atoms with Gasteiger partial charge in [0, 0.05) is 6.42 Å². The van der Waals surface area contributed by atoms with Gasteiger partial charge in [0.2, 0.25) is 0 Å². The topological polar surface area (TPSA) is 29.5 Å². The molecular formula is C30H38O2Si2. The molecule has 3 aromatic carbocycles. The van der Waals surface area contributed by atoms with Crippen molar-refractivity contribution in [3.8, 4) is 11.5 Å². The van der Waals surface area contributed by atoms with Crippen molar-refractivity contribution in [2.45, 2.75) is 64.6 Å². The highest BCUT2D eigenvalue weighted by Gasteiger charge is 2.50. The lowest BCUT2D eigenvalue weighted by molar-refractivity contribution is 0.184. The highest BCUT2D eigenvalue weighted by molar-refractivity contribution is 6.99. The summed E-state index contributed by atoms with van der Waals surface area (Å²) in [5.74, 6) is 3.18. The van der Waals surface area contributed by atoms with Crippen LogP contribution in [0.15, 0.2) is 84.9 Å². The summed E-state index contributed by atoms with van der Waals surface area (Å²) in [4.78, 5) is 0. The molecule has 1 unspecified atom stereocenters. The van der Waals surface area contributed by atoms with Gasteiger partial charge in [-0.2, -0.15) is 0 Å². The molecule has 0 saturated carbocycles. The summed E-state index contributed by atoms with van der Waals surface area (Å²) >= 11 is 0. The Hall–Kier alpha value is -2.43. The summed E-state index contributed by atoms with van der Waals surface area (Å²) in [5.41, 5.74) is 5.34. The van der Waals surface area contributed by atoms with Crippen LogP contribution >= 0.6 is 0 Å². The number of aliphatic hydroxyl groups excluding tert-OH is 1. The molecule has 0 bridgehead atoms. The second-order valence-corrected chi connectivity index (χ2v) is 20.0. The maximum atomic E-state index is 10.6. The molecule has 0 aliphatic heterocycles. The average molecular weight is 487 g/mol. The van der Waals surface area contributed by atoms with Gasteiger partial charge in [0.05, 0.1) is 12.7 Å². The Balaban J connectivity index is 1.86. The van der Waals surface area contributed by atoms with Crippen LogP contribution < -0.4 is 10.4 Å². The minimum atomic E-state index is -2.57. The van der Waals surface area contributed by atoms with Crippen LogP contribution in [0.4, 0.5) is 0 Å². The maximum absolute atomic E-state index is 10.6. The van der Waals surface area contributed by atoms with Crippen molar-refractivity contribution in [1.82, 2.24) is 0 Å². The van der Waals surface area contributed by atoms with Crippen LogP contribution in [0.1, 0.15) is 44.4 Å². The van der Waals surface area contributed by atoms with Gasteiger partial charge >= 0.3 is 0 Å². The lowest BCUT2D eigenvalue weighted by atomic mass is 10.1. The van der Waals surface area contributed by atoms with Crippen LogP contribution in [0.3, 0.4) is 0 Å². The van der Waals surface area contributed by atoms with Crippen molar-refractivity contribution in [3.05, 3.63) is 96.1 Å². The monoisotopic (exact) mass is 486 g/mol. The Labute approximate surface area is 208 Å². The smallest absolute Gasteiger partial charge is 0.261 e. The van der Waals surface area contributed by atoms with Gasteiger partial charge in [-0.15, -0.1) is 11.5 Å². The molecule has 0 spiro atoms. The molecule has 3 rings (SSSR count). The SMILES string of the molecule is CC(C)(C)[Si](OCc1ccc(C(O)CC#C[Si](C)(C)C)cc1)(c1ccccc1)c1ccccc1. The largest absolute Gasteiger partial charge is 0.403 e. The van der Waals surface area contributed by atoms with Gasteiger partial charge in [-0.05, 0) is 26.5 Å². The third-order valence-electron chi connectivity index (χ3n) is 6.00. The van der Waals surface area contributed by atoms with Gasteiger partial charge in [-0.1, -0.05) is 125 Å². The zero-order valence-corrected chi connectivity index (χ0v) is 23.4. The van der Waals surface area contributed by atoms with E-state index in [4.69, 9.17) is 4.43 Å². The van der Waals surface area contributed by atoms with Crippen LogP contribution in [0, 0.1) is 11.5 Å². The van der Waals surface area contributed by atoms with Gasteiger partial charge in [-0.3, -0.25) is 0 Å². The van der Waals surface area contributed by atoms with E-state index in [-0.39, 0.29) is 5.04 Å². The van der Waals surface area contributed by atoms with Crippen LogP contribution in [-0.4, -0.2) is 21.5 Å². The molecule has 4 heteroatoms. The lowest BCUT2D eigenvalue weighted by Gasteiger charge is -2.43. The Morgan fingerprint density at radius 1 is 0.794 bits per heavy atom. The molecule has 0 radical (unpaired) electrons. The van der Waals surface area contributed by atoms with E-state index >= 15 is 0 Å². The van der Waals surface area contributed by atoms with E-state index in [1.54, 1.807) is 0 Å². The second kappa shape index (κ2) is 10.9. The summed E-state index contributed by atoms with van der Waals surface area (Å²) in [5, 5.41) is 13.1. The molecule has 0 heterocycles. The summed E-state index contributed by atoms with van der Waals surface area (Å²) < 4.78 is 7.01. The zero-order chi connectivity index (χ0) is 24.8. The van der Waals surface area contributed by atoms with Gasteiger partial charge in [0.15, 0.2) is 0 Å². The number of aliphatic hydroxyl groups is 1. The highest BCUT2D eigenvalue weighted by Crippen LogP contribution is 2.37. The third-order valence-corrected chi connectivity index (χ3v) is 11.9. The van der Waals surface area contributed by atoms with Gasteiger partial charge < -0.3 is 9.53 Å². The normalized spacial score (nSPS) is 13.1. The van der Waals surface area contributed by atoms with Gasteiger partial charge in [-0.25, -0.2) is 0 Å². The fourth-order valence-electron chi connectivity index (χ4n) is 4.32. The van der Waals surface area contributed by atoms with E-state index in [1.807, 2.05) is 12.1 Å². The first-order chi connectivity index (χ1) is 16.0. The number of benzene rings is 3. The average Bonchev–Trinajstić information content (AvgIpc) is 2.79. The number of hydrogen-bond donors (Lipinski definition) is 1. The summed E-state index contributed by atoms with van der Waals surface area (Å²) in [6.07, 6.45) is -0.0853. The first-order valence-electron chi connectivity index (χ1n) is 12.0. The molecule has 0 aliphatic rings. The van der Waals surface area contributed by atoms with Crippen molar-refractivity contribution >= 4 is 26.8 Å². The van der Waals surface area contributed by atoms with E-state index in [9.17, 15) is 5.11 Å². The van der Waals surface area contributed by atoms with E-state index in [0.29, 0.717) is 13.0 Å². The summed E-state index contributed by atoms with van der Waals surface area (Å²) in [7, 11) is -3.99. The third kappa shape index (κ3) is 6.37. The van der Waals surface area contributed by atoms with Crippen LogP contribution in [-0.2, 0) is 11.0 Å². The molecule has 178 valence electrons. The standard InChI is InChI=1S/C30H38O2Si2/c1-30(2,3)34(27-14-9-7-10-15-27,28-16-11-8-12-17-28)32-24-25-19-21-26(22-20-25)29(31)18-13-23-33(4,5)6/h7-12,14-17,19-22,29,31H,18,24H2,1-6H3. The minimum absolute atomic E-state index is 0.0547. The van der Waals surface area contributed by atoms with Crippen molar-refractivity contribution in [2.24, 2.45) is 0 Å². The van der Waals surface area contributed by atoms with Crippen LogP contribution in [0.2, 0.25) is 24.7 Å². The van der Waals surface area contributed by atoms with Crippen molar-refractivity contribution in [3.63, 3.8) is 0 Å². The minimum Gasteiger partial charge on any atom is -0.403 e. The number of rotatable bonds is 7. The summed E-state index contributed by atoms with van der Waals surface area (Å²) in [6.45, 7) is 14.0. The quantitative estimate of drug-likeness (QED) is 0.324. The molecule has 1 N–H and O–H groups in total. The first kappa shape index (κ1) is 26.2. The summed E-state index contributed by atoms with van der Waals surface area (Å²) in [6, 6.07) is 29.6. The molecule has 2 nitrogen and oxygen atoms in total. The van der Waals surface area contributed by atoms with Crippen LogP contribution in [0.5, 0.6) is 0 Å². The maximum Gasteiger partial charge on any atom is 0.261 e. The highest BCUT2D eigenvalue weighted by atomic mass is 28.4. The first-order valence-corrected chi connectivity index (χ1v) is 17.5. The molecular weight excluding hydrogens is 449 g/mol. The van der Waals surface area contributed by atoms with Crippen molar-refractivity contribution < 1.29 is 9.53 Å². The van der Waals surface area contributed by atoms with E-state index in [2.05, 4.69) is 125 Å². The van der Waals surface area contributed by atoms with E-state index in [0.717, 1.165) is 11.1 Å². The molecule has 0 saturated heterocycles. The van der Waals surface area contributed by atoms with E-state index in [1.165, 1.54) is 10.4 Å². The molecule has 3 aromatic rings. The second-order valence-electron chi connectivity index (χ2n) is 11.0. The Morgan fingerprint density at radius 2 is 1.29 bits per heavy atom. The Bertz CT molecular complexity index is 1060. The zero-order valence-electron chi connectivity index (χ0n) is 21.4. The predicted octanol–water partition coefficient (Wildman–Crippen LogP) is 6.07. The molecule has 0 aliphatic carbocycles. The predicted molar refractivity (Wildman–Crippen MR) is 150 cm³/mol. The van der Waals surface area contributed by atoms with Crippen molar-refractivity contribution in [1.29, 1.82) is 0 Å². The fourth-order valence-corrected chi connectivity index (χ4v) is 9.49. The fraction of sp³-hybridized carbons (Fsp3) is 0.333. The van der Waals surface area contributed by atoms with Crippen LogP contribution in [0.25, 0.3) is 0 Å². The van der Waals surface area contributed by atoms with Gasteiger partial charge in [0.25, 0.3) is 8.32 Å².